The molecule has 150 valence electrons. The summed E-state index contributed by atoms with van der Waals surface area (Å²) in [4.78, 5) is 20.7. The fourth-order valence-corrected chi connectivity index (χ4v) is 4.29. The fourth-order valence-electron chi connectivity index (χ4n) is 3.05. The Morgan fingerprint density at radius 2 is 2.03 bits per heavy atom. The summed E-state index contributed by atoms with van der Waals surface area (Å²) in [6, 6.07) is 5.15. The third kappa shape index (κ3) is 3.12. The molecular formula is C17H13ClFN5O4S. The van der Waals surface area contributed by atoms with E-state index in [0.29, 0.717) is 6.42 Å². The Hall–Kier alpha value is -3.05. The lowest BCUT2D eigenvalue weighted by molar-refractivity contribution is 0.383. The number of hydrogen-bond donors (Lipinski definition) is 0. The molecule has 3 heterocycles. The smallest absolute Gasteiger partial charge is 0.295 e. The van der Waals surface area contributed by atoms with E-state index in [9.17, 15) is 17.6 Å². The van der Waals surface area contributed by atoms with Crippen LogP contribution in [-0.2, 0) is 16.4 Å². The van der Waals surface area contributed by atoms with Crippen molar-refractivity contribution in [2.45, 2.75) is 13.3 Å². The highest BCUT2D eigenvalue weighted by molar-refractivity contribution is 7.89. The van der Waals surface area contributed by atoms with E-state index in [-0.39, 0.29) is 39.1 Å². The molecule has 12 heteroatoms. The topological polar surface area (TPSA) is 113 Å². The van der Waals surface area contributed by atoms with Crippen LogP contribution in [-0.4, -0.2) is 38.3 Å². The van der Waals surface area contributed by atoms with Crippen molar-refractivity contribution in [1.82, 2.24) is 23.7 Å². The van der Waals surface area contributed by atoms with Gasteiger partial charge in [-0.3, -0.25) is 4.52 Å². The first kappa shape index (κ1) is 19.3. The summed E-state index contributed by atoms with van der Waals surface area (Å²) >= 11 is 5.84. The second-order valence-corrected chi connectivity index (χ2v) is 8.38. The van der Waals surface area contributed by atoms with Crippen molar-refractivity contribution in [2.75, 3.05) is 6.26 Å². The molecule has 0 saturated heterocycles. The summed E-state index contributed by atoms with van der Waals surface area (Å²) < 4.78 is 45.4. The number of nitrogens with zero attached hydrogens (tertiary/aromatic N) is 5. The number of rotatable bonds is 4. The van der Waals surface area contributed by atoms with Gasteiger partial charge in [0.1, 0.15) is 17.2 Å². The summed E-state index contributed by atoms with van der Waals surface area (Å²) in [5, 5.41) is 3.60. The van der Waals surface area contributed by atoms with Gasteiger partial charge in [-0.15, -0.1) is 0 Å². The molecule has 0 bridgehead atoms. The predicted molar refractivity (Wildman–Crippen MR) is 103 cm³/mol. The van der Waals surface area contributed by atoms with E-state index in [1.54, 1.807) is 6.92 Å². The van der Waals surface area contributed by atoms with Gasteiger partial charge in [-0.1, -0.05) is 23.7 Å². The van der Waals surface area contributed by atoms with Gasteiger partial charge in [0.2, 0.25) is 10.0 Å². The molecular weight excluding hydrogens is 425 g/mol. The van der Waals surface area contributed by atoms with Gasteiger partial charge in [-0.25, -0.2) is 36.1 Å². The first-order valence-electron chi connectivity index (χ1n) is 8.33. The van der Waals surface area contributed by atoms with Crippen LogP contribution in [0.2, 0.25) is 5.02 Å². The van der Waals surface area contributed by atoms with E-state index in [1.165, 1.54) is 24.4 Å². The molecule has 29 heavy (non-hydrogen) atoms. The molecule has 0 unspecified atom stereocenters. The zero-order valence-corrected chi connectivity index (χ0v) is 16.7. The maximum Gasteiger partial charge on any atom is 0.446 e. The standard InChI is InChI=1S/C17H13ClFN5O4S/c1-3-13-21-15-14(24(13)29(2,26)27)10(6-7-20-15)16-22-28-17(25)23(16)9-4-5-12(19)11(18)8-9/h4-8H,3H2,1-2H3. The van der Waals surface area contributed by atoms with E-state index in [2.05, 4.69) is 15.1 Å². The highest BCUT2D eigenvalue weighted by atomic mass is 35.5. The molecule has 1 aromatic carbocycles. The summed E-state index contributed by atoms with van der Waals surface area (Å²) in [7, 11) is -3.74. The van der Waals surface area contributed by atoms with Crippen molar-refractivity contribution in [3.05, 3.63) is 57.7 Å². The lowest BCUT2D eigenvalue weighted by Gasteiger charge is -2.09. The summed E-state index contributed by atoms with van der Waals surface area (Å²) in [5.74, 6) is -1.23. The fraction of sp³-hybridized carbons (Fsp3) is 0.176. The summed E-state index contributed by atoms with van der Waals surface area (Å²) in [6.07, 6.45) is 2.79. The van der Waals surface area contributed by atoms with Gasteiger partial charge < -0.3 is 0 Å². The van der Waals surface area contributed by atoms with Crippen LogP contribution < -0.4 is 5.76 Å². The minimum atomic E-state index is -3.74. The van der Waals surface area contributed by atoms with Crippen LogP contribution in [0.4, 0.5) is 4.39 Å². The molecule has 9 nitrogen and oxygen atoms in total. The highest BCUT2D eigenvalue weighted by Gasteiger charge is 2.25. The third-order valence-electron chi connectivity index (χ3n) is 4.23. The van der Waals surface area contributed by atoms with Crippen LogP contribution in [0.1, 0.15) is 12.7 Å². The Balaban J connectivity index is 2.09. The van der Waals surface area contributed by atoms with Crippen LogP contribution >= 0.6 is 11.6 Å². The summed E-state index contributed by atoms with van der Waals surface area (Å²) in [6.45, 7) is 1.76. The molecule has 0 N–H and O–H groups in total. The van der Waals surface area contributed by atoms with Crippen LogP contribution in [0, 0.1) is 5.82 Å². The lowest BCUT2D eigenvalue weighted by atomic mass is 10.2. The van der Waals surface area contributed by atoms with E-state index < -0.39 is 21.6 Å². The van der Waals surface area contributed by atoms with Crippen LogP contribution in [0.15, 0.2) is 39.8 Å². The number of hydrogen-bond acceptors (Lipinski definition) is 7. The SMILES string of the molecule is CCc1nc2nccc(-c3noc(=O)n3-c3ccc(F)c(Cl)c3)c2n1S(C)(=O)=O. The van der Waals surface area contributed by atoms with Gasteiger partial charge in [-0.2, -0.15) is 0 Å². The first-order chi connectivity index (χ1) is 13.7. The number of benzene rings is 1. The van der Waals surface area contributed by atoms with Crippen molar-refractivity contribution in [2.24, 2.45) is 0 Å². The maximum atomic E-state index is 13.6. The molecule has 0 atom stereocenters. The Kier molecular flexibility index (Phi) is 4.50. The number of pyridine rings is 1. The van der Waals surface area contributed by atoms with Gasteiger partial charge >= 0.3 is 5.76 Å². The van der Waals surface area contributed by atoms with Crippen LogP contribution in [0.25, 0.3) is 28.2 Å². The molecule has 0 aliphatic rings. The van der Waals surface area contributed by atoms with Crippen molar-refractivity contribution in [3.8, 4) is 17.1 Å². The molecule has 0 aliphatic heterocycles. The largest absolute Gasteiger partial charge is 0.446 e. The molecule has 4 aromatic rings. The molecule has 0 amide bonds. The van der Waals surface area contributed by atoms with Gasteiger partial charge in [0, 0.05) is 12.6 Å². The second-order valence-electron chi connectivity index (χ2n) is 6.15. The minimum absolute atomic E-state index is 0.00229. The normalized spacial score (nSPS) is 12.0. The van der Waals surface area contributed by atoms with Crippen LogP contribution in [0.5, 0.6) is 0 Å². The summed E-state index contributed by atoms with van der Waals surface area (Å²) in [5.41, 5.74) is 0.772. The molecule has 3 aromatic heterocycles. The number of imidazole rings is 1. The van der Waals surface area contributed by atoms with Crippen molar-refractivity contribution in [1.29, 1.82) is 0 Å². The van der Waals surface area contributed by atoms with Crippen molar-refractivity contribution >= 4 is 32.8 Å². The highest BCUT2D eigenvalue weighted by Crippen LogP contribution is 2.30. The van der Waals surface area contributed by atoms with Crippen molar-refractivity contribution < 1.29 is 17.3 Å². The molecule has 0 fully saturated rings. The van der Waals surface area contributed by atoms with E-state index >= 15 is 0 Å². The maximum absolute atomic E-state index is 13.6. The number of aryl methyl sites for hydroxylation is 1. The van der Waals surface area contributed by atoms with Crippen LogP contribution in [0.3, 0.4) is 0 Å². The van der Waals surface area contributed by atoms with Gasteiger partial charge in [0.15, 0.2) is 11.5 Å². The Labute approximate surface area is 168 Å². The zero-order chi connectivity index (χ0) is 20.9. The molecule has 0 spiro atoms. The quantitative estimate of drug-likeness (QED) is 0.481. The number of aromatic nitrogens is 5. The number of halogens is 2. The predicted octanol–water partition coefficient (Wildman–Crippen LogP) is 2.40. The minimum Gasteiger partial charge on any atom is -0.295 e. The molecule has 0 radical (unpaired) electrons. The Morgan fingerprint density at radius 1 is 1.28 bits per heavy atom. The average molecular weight is 438 g/mol. The van der Waals surface area contributed by atoms with E-state index in [0.717, 1.165) is 20.9 Å². The molecule has 0 saturated carbocycles. The van der Waals surface area contributed by atoms with Gasteiger partial charge in [0.05, 0.1) is 22.5 Å². The van der Waals surface area contributed by atoms with Gasteiger partial charge in [0.25, 0.3) is 0 Å². The Morgan fingerprint density at radius 3 is 2.69 bits per heavy atom. The number of fused-ring (bicyclic) bond motifs is 1. The monoisotopic (exact) mass is 437 g/mol. The van der Waals surface area contributed by atoms with Gasteiger partial charge in [-0.05, 0) is 24.3 Å². The second kappa shape index (κ2) is 6.78. The molecule has 4 rings (SSSR count). The van der Waals surface area contributed by atoms with E-state index in [1.807, 2.05) is 0 Å². The first-order valence-corrected chi connectivity index (χ1v) is 10.6. The lowest BCUT2D eigenvalue weighted by Crippen LogP contribution is -2.15. The third-order valence-corrected chi connectivity index (χ3v) is 5.58. The molecule has 0 aliphatic carbocycles. The van der Waals surface area contributed by atoms with Crippen molar-refractivity contribution in [3.63, 3.8) is 0 Å². The zero-order valence-electron chi connectivity index (χ0n) is 15.1. The average Bonchev–Trinajstić information content (AvgIpc) is 3.24. The van der Waals surface area contributed by atoms with E-state index in [4.69, 9.17) is 16.1 Å². The Bertz CT molecular complexity index is 1420.